The van der Waals surface area contributed by atoms with Crippen molar-refractivity contribution in [2.24, 2.45) is 0 Å². The lowest BCUT2D eigenvalue weighted by Gasteiger charge is -2.27. The number of nitrogen functional groups attached to an aromatic ring is 1. The monoisotopic (exact) mass is 368 g/mol. The van der Waals surface area contributed by atoms with Gasteiger partial charge < -0.3 is 20.4 Å². The summed E-state index contributed by atoms with van der Waals surface area (Å²) in [6.45, 7) is 3.71. The summed E-state index contributed by atoms with van der Waals surface area (Å²) in [6, 6.07) is 7.60. The molecule has 3 aromatic rings. The molecule has 0 aliphatic carbocycles. The van der Waals surface area contributed by atoms with Crippen molar-refractivity contribution in [2.75, 3.05) is 36.8 Å². The second-order valence-corrected chi connectivity index (χ2v) is 7.13. The molecular formula is C19H20N4O2S. The van der Waals surface area contributed by atoms with Gasteiger partial charge in [0.25, 0.3) is 0 Å². The predicted octanol–water partition coefficient (Wildman–Crippen LogP) is 2.82. The van der Waals surface area contributed by atoms with E-state index >= 15 is 0 Å². The van der Waals surface area contributed by atoms with Crippen molar-refractivity contribution in [1.82, 2.24) is 10.3 Å². The molecule has 0 unspecified atom stereocenters. The van der Waals surface area contributed by atoms with Crippen molar-refractivity contribution in [2.45, 2.75) is 6.42 Å². The van der Waals surface area contributed by atoms with E-state index in [9.17, 15) is 4.79 Å². The third-order valence-electron chi connectivity index (χ3n) is 4.52. The molecule has 2 aromatic heterocycles. The van der Waals surface area contributed by atoms with Crippen LogP contribution in [0.5, 0.6) is 0 Å². The maximum Gasteiger partial charge on any atom is 0.195 e. The molecule has 3 heterocycles. The van der Waals surface area contributed by atoms with Crippen LogP contribution in [-0.2, 0) is 6.42 Å². The number of benzene rings is 1. The van der Waals surface area contributed by atoms with Crippen molar-refractivity contribution < 1.29 is 9.21 Å². The van der Waals surface area contributed by atoms with Crippen molar-refractivity contribution >= 4 is 28.6 Å². The number of hydrogen-bond donors (Lipinski definition) is 2. The Hall–Kier alpha value is -2.64. The second-order valence-electron chi connectivity index (χ2n) is 6.27. The molecule has 0 atom stereocenters. The number of hydrogen-bond acceptors (Lipinski definition) is 7. The molecule has 7 heteroatoms. The summed E-state index contributed by atoms with van der Waals surface area (Å²) in [5, 5.41) is 5.81. The largest absolute Gasteiger partial charge is 0.472 e. The number of furan rings is 1. The zero-order chi connectivity index (χ0) is 17.9. The van der Waals surface area contributed by atoms with Gasteiger partial charge in [-0.1, -0.05) is 6.07 Å². The fourth-order valence-electron chi connectivity index (χ4n) is 3.05. The molecular weight excluding hydrogens is 348 g/mol. The number of nitrogens with two attached hydrogens (primary N) is 1. The highest BCUT2D eigenvalue weighted by atomic mass is 32.1. The first-order valence-electron chi connectivity index (χ1n) is 8.56. The Kier molecular flexibility index (Phi) is 4.73. The topological polar surface area (TPSA) is 84.4 Å². The van der Waals surface area contributed by atoms with Crippen LogP contribution in [0.4, 0.5) is 11.5 Å². The molecule has 4 rings (SSSR count). The fourth-order valence-corrected chi connectivity index (χ4v) is 3.82. The molecule has 0 radical (unpaired) electrons. The molecule has 1 aliphatic rings. The predicted molar refractivity (Wildman–Crippen MR) is 104 cm³/mol. The molecule has 0 amide bonds. The minimum atomic E-state index is -0.00701. The Labute approximate surface area is 155 Å². The zero-order valence-electron chi connectivity index (χ0n) is 14.3. The van der Waals surface area contributed by atoms with Crippen LogP contribution in [0, 0.1) is 0 Å². The number of Topliss-reactive ketones (excluding diaryl/α,β-unsaturated/α-hetero) is 1. The van der Waals surface area contributed by atoms with E-state index in [1.54, 1.807) is 12.5 Å². The smallest absolute Gasteiger partial charge is 0.195 e. The van der Waals surface area contributed by atoms with E-state index in [1.165, 1.54) is 11.3 Å². The fraction of sp³-hybridized carbons (Fsp3) is 0.263. The summed E-state index contributed by atoms with van der Waals surface area (Å²) < 4.78 is 5.13. The first kappa shape index (κ1) is 16.8. The van der Waals surface area contributed by atoms with Crippen molar-refractivity contribution in [3.63, 3.8) is 0 Å². The van der Waals surface area contributed by atoms with E-state index in [-0.39, 0.29) is 12.2 Å². The third kappa shape index (κ3) is 3.49. The van der Waals surface area contributed by atoms with Gasteiger partial charge in [-0.2, -0.15) is 0 Å². The maximum absolute atomic E-state index is 12.7. The van der Waals surface area contributed by atoms with Gasteiger partial charge >= 0.3 is 0 Å². The van der Waals surface area contributed by atoms with Gasteiger partial charge in [-0.15, -0.1) is 11.3 Å². The highest BCUT2D eigenvalue weighted by Crippen LogP contribution is 2.26. The SMILES string of the molecule is Nc1ccc(-c2ccoc2)cc1CC(=O)c1nc(N2CCNCC2)cs1. The molecule has 1 aromatic carbocycles. The average molecular weight is 368 g/mol. The molecule has 0 bridgehead atoms. The van der Waals surface area contributed by atoms with Gasteiger partial charge in [-0.3, -0.25) is 4.79 Å². The zero-order valence-corrected chi connectivity index (χ0v) is 15.1. The van der Waals surface area contributed by atoms with E-state index in [1.807, 2.05) is 29.6 Å². The quantitative estimate of drug-likeness (QED) is 0.532. The van der Waals surface area contributed by atoms with Gasteiger partial charge in [0.05, 0.1) is 12.5 Å². The standard InChI is InChI=1S/C19H20N4O2S/c20-16-2-1-13(14-3-8-25-11-14)9-15(16)10-17(24)19-22-18(12-26-19)23-6-4-21-5-7-23/h1-3,8-9,11-12,21H,4-7,10,20H2. The average Bonchev–Trinajstić information content (AvgIpc) is 3.36. The van der Waals surface area contributed by atoms with E-state index in [4.69, 9.17) is 10.2 Å². The lowest BCUT2D eigenvalue weighted by atomic mass is 10.0. The number of piperazine rings is 1. The van der Waals surface area contributed by atoms with Crippen LogP contribution in [0.3, 0.4) is 0 Å². The summed E-state index contributed by atoms with van der Waals surface area (Å²) in [7, 11) is 0. The normalized spacial score (nSPS) is 14.5. The Morgan fingerprint density at radius 3 is 2.88 bits per heavy atom. The molecule has 6 nitrogen and oxygen atoms in total. The maximum atomic E-state index is 12.7. The third-order valence-corrected chi connectivity index (χ3v) is 5.39. The van der Waals surface area contributed by atoms with Crippen LogP contribution in [0.15, 0.2) is 46.6 Å². The lowest BCUT2D eigenvalue weighted by molar-refractivity contribution is 0.0993. The summed E-state index contributed by atoms with van der Waals surface area (Å²) >= 11 is 1.40. The summed E-state index contributed by atoms with van der Waals surface area (Å²) in [5.74, 6) is 0.882. The van der Waals surface area contributed by atoms with Gasteiger partial charge in [0.1, 0.15) is 5.82 Å². The van der Waals surface area contributed by atoms with E-state index in [0.717, 1.165) is 48.7 Å². The molecule has 1 saturated heterocycles. The van der Waals surface area contributed by atoms with Gasteiger partial charge in [0.15, 0.2) is 10.8 Å². The van der Waals surface area contributed by atoms with Crippen LogP contribution in [0.25, 0.3) is 11.1 Å². The number of carbonyl (C=O) groups excluding carboxylic acids is 1. The van der Waals surface area contributed by atoms with Gasteiger partial charge in [0, 0.05) is 49.2 Å². The molecule has 134 valence electrons. The first-order valence-corrected chi connectivity index (χ1v) is 9.44. The Morgan fingerprint density at radius 2 is 2.12 bits per heavy atom. The van der Waals surface area contributed by atoms with E-state index in [2.05, 4.69) is 15.2 Å². The molecule has 3 N–H and O–H groups in total. The minimum Gasteiger partial charge on any atom is -0.472 e. The van der Waals surface area contributed by atoms with Gasteiger partial charge in [-0.05, 0) is 29.3 Å². The first-order chi connectivity index (χ1) is 12.7. The van der Waals surface area contributed by atoms with Crippen molar-refractivity contribution in [3.05, 3.63) is 52.7 Å². The van der Waals surface area contributed by atoms with Crippen LogP contribution >= 0.6 is 11.3 Å². The summed E-state index contributed by atoms with van der Waals surface area (Å²) in [4.78, 5) is 19.5. The number of ketones is 1. The second kappa shape index (κ2) is 7.31. The Bertz CT molecular complexity index is 898. The van der Waals surface area contributed by atoms with Crippen LogP contribution in [-0.4, -0.2) is 36.9 Å². The number of aromatic nitrogens is 1. The highest BCUT2D eigenvalue weighted by molar-refractivity contribution is 7.12. The van der Waals surface area contributed by atoms with Crippen molar-refractivity contribution in [1.29, 1.82) is 0 Å². The van der Waals surface area contributed by atoms with E-state index < -0.39 is 0 Å². The number of thiazole rings is 1. The van der Waals surface area contributed by atoms with Gasteiger partial charge in [0.2, 0.25) is 0 Å². The molecule has 0 spiro atoms. The van der Waals surface area contributed by atoms with E-state index in [0.29, 0.717) is 10.7 Å². The highest BCUT2D eigenvalue weighted by Gasteiger charge is 2.18. The number of rotatable bonds is 5. The van der Waals surface area contributed by atoms with Crippen molar-refractivity contribution in [3.8, 4) is 11.1 Å². The number of nitrogens with one attached hydrogen (secondary N) is 1. The molecule has 26 heavy (non-hydrogen) atoms. The van der Waals surface area contributed by atoms with Crippen LogP contribution in [0.2, 0.25) is 0 Å². The number of carbonyl (C=O) groups is 1. The van der Waals surface area contributed by atoms with Crippen LogP contribution < -0.4 is 16.0 Å². The summed E-state index contributed by atoms with van der Waals surface area (Å²) in [5.41, 5.74) is 9.46. The Balaban J connectivity index is 1.51. The number of nitrogens with zero attached hydrogens (tertiary/aromatic N) is 2. The Morgan fingerprint density at radius 1 is 1.27 bits per heavy atom. The van der Waals surface area contributed by atoms with Crippen LogP contribution in [0.1, 0.15) is 15.4 Å². The summed E-state index contributed by atoms with van der Waals surface area (Å²) in [6.07, 6.45) is 3.55. The minimum absolute atomic E-state index is 0.00701. The number of anilines is 2. The molecule has 1 fully saturated rings. The molecule has 1 aliphatic heterocycles. The molecule has 0 saturated carbocycles. The lowest BCUT2D eigenvalue weighted by Crippen LogP contribution is -2.43. The van der Waals surface area contributed by atoms with Gasteiger partial charge in [-0.25, -0.2) is 4.98 Å².